The summed E-state index contributed by atoms with van der Waals surface area (Å²) in [5, 5.41) is 3.50. The molecule has 0 spiro atoms. The standard InChI is InChI=1S/C45H33N3O.C12H10.C2H6/c1-2-3-20-42-38(35-23-21-32(27-43(35)49-42)31-22-24-41-37(26-31)34-16-7-9-18-39(34)46-41)28-44-47-40-19-10-8-17-36(40)45(48-44)33-15-11-14-30(25-33)29-12-5-4-6-13-29;1-3-7-11(8-4-1)12-9-5-2-6-10-12;1-2/h2-22,24-28,35,46H,23H2,1H3;1-10H;1-2H3/b3-2-,38-28?,42-20+;;. The summed E-state index contributed by atoms with van der Waals surface area (Å²) in [7, 11) is 0. The summed E-state index contributed by atoms with van der Waals surface area (Å²) in [6.07, 6.45) is 13.6. The smallest absolute Gasteiger partial charge is 0.153 e. The van der Waals surface area contributed by atoms with Crippen molar-refractivity contribution in [2.24, 2.45) is 5.92 Å². The Labute approximate surface area is 370 Å². The molecular weight excluding hydrogens is 767 g/mol. The van der Waals surface area contributed by atoms with Crippen molar-refractivity contribution >= 4 is 44.4 Å². The summed E-state index contributed by atoms with van der Waals surface area (Å²) < 4.78 is 6.61. The van der Waals surface area contributed by atoms with Gasteiger partial charge in [0.05, 0.1) is 11.2 Å². The molecule has 1 atom stereocenters. The molecule has 0 saturated carbocycles. The number of ether oxygens (including phenoxy) is 1. The number of nitrogens with zero attached hydrogens (tertiary/aromatic N) is 2. The number of aromatic nitrogens is 3. The van der Waals surface area contributed by atoms with Crippen LogP contribution in [0, 0.1) is 5.92 Å². The largest absolute Gasteiger partial charge is 0.461 e. The van der Waals surface area contributed by atoms with Crippen LogP contribution in [0.1, 0.15) is 38.6 Å². The van der Waals surface area contributed by atoms with E-state index >= 15 is 0 Å². The minimum atomic E-state index is 0.0806. The number of fused-ring (bicyclic) bond motifs is 5. The van der Waals surface area contributed by atoms with E-state index in [0.29, 0.717) is 5.82 Å². The van der Waals surface area contributed by atoms with Gasteiger partial charge in [-0.25, -0.2) is 9.97 Å². The van der Waals surface area contributed by atoms with E-state index in [0.717, 1.165) is 62.3 Å². The SMILES string of the molecule is C/C=C\C=C1\OC2=CC(c3ccc4[nH]c5ccccc5c4c3)=CCC2C1=Cc1nc(-c2cccc(-c3ccccc3)c2)c2ccccc2n1.CC.c1ccc(-c2ccccc2)cc1. The molecule has 1 N–H and O–H groups in total. The monoisotopic (exact) mass is 815 g/mol. The third kappa shape index (κ3) is 8.70. The fraction of sp³-hybridized carbons (Fsp3) is 0.0847. The van der Waals surface area contributed by atoms with Gasteiger partial charge in [0, 0.05) is 44.2 Å². The molecule has 1 saturated heterocycles. The molecule has 63 heavy (non-hydrogen) atoms. The lowest BCUT2D eigenvalue weighted by Crippen LogP contribution is -2.05. The molecule has 1 fully saturated rings. The van der Waals surface area contributed by atoms with Crippen LogP contribution in [-0.4, -0.2) is 15.0 Å². The van der Waals surface area contributed by atoms with Crippen molar-refractivity contribution in [3.8, 4) is 33.5 Å². The second kappa shape index (κ2) is 18.8. The predicted molar refractivity (Wildman–Crippen MR) is 266 cm³/mol. The van der Waals surface area contributed by atoms with Gasteiger partial charge in [-0.05, 0) is 95.3 Å². The normalized spacial score (nSPS) is 15.6. The van der Waals surface area contributed by atoms with Crippen molar-refractivity contribution in [3.63, 3.8) is 0 Å². The lowest BCUT2D eigenvalue weighted by Gasteiger charge is -2.16. The Kier molecular flexibility index (Phi) is 12.1. The topological polar surface area (TPSA) is 50.8 Å². The summed E-state index contributed by atoms with van der Waals surface area (Å²) in [4.78, 5) is 13.8. The molecule has 11 rings (SSSR count). The Bertz CT molecular complexity index is 3150. The lowest BCUT2D eigenvalue weighted by atomic mass is 9.87. The minimum absolute atomic E-state index is 0.0806. The van der Waals surface area contributed by atoms with E-state index < -0.39 is 0 Å². The first-order valence-corrected chi connectivity index (χ1v) is 21.9. The Balaban J connectivity index is 0.000000308. The molecule has 3 heterocycles. The molecule has 7 aromatic carbocycles. The van der Waals surface area contributed by atoms with Crippen LogP contribution in [0.2, 0.25) is 0 Å². The van der Waals surface area contributed by atoms with Crippen molar-refractivity contribution in [1.82, 2.24) is 15.0 Å². The quantitative estimate of drug-likeness (QED) is 0.182. The summed E-state index contributed by atoms with van der Waals surface area (Å²) in [6, 6.07) is 63.3. The highest BCUT2D eigenvalue weighted by Gasteiger charge is 2.34. The maximum Gasteiger partial charge on any atom is 0.153 e. The number of allylic oxidation sites excluding steroid dienone is 8. The highest BCUT2D eigenvalue weighted by molar-refractivity contribution is 6.08. The molecule has 1 aliphatic carbocycles. The van der Waals surface area contributed by atoms with Crippen LogP contribution in [0.3, 0.4) is 0 Å². The van der Waals surface area contributed by atoms with Crippen LogP contribution in [0.4, 0.5) is 0 Å². The third-order valence-corrected chi connectivity index (χ3v) is 11.4. The van der Waals surface area contributed by atoms with Crippen LogP contribution >= 0.6 is 0 Å². The number of rotatable bonds is 6. The maximum absolute atomic E-state index is 6.61. The molecular formula is C59H49N3O. The molecule has 2 aliphatic rings. The zero-order valence-electron chi connectivity index (χ0n) is 35.9. The molecule has 306 valence electrons. The number of hydrogen-bond acceptors (Lipinski definition) is 3. The highest BCUT2D eigenvalue weighted by atomic mass is 16.5. The van der Waals surface area contributed by atoms with Crippen molar-refractivity contribution in [1.29, 1.82) is 0 Å². The van der Waals surface area contributed by atoms with Gasteiger partial charge in [0.15, 0.2) is 5.82 Å². The Hall–Kier alpha value is -7.82. The van der Waals surface area contributed by atoms with Crippen LogP contribution in [0.15, 0.2) is 229 Å². The second-order valence-electron chi connectivity index (χ2n) is 15.3. The van der Waals surface area contributed by atoms with Gasteiger partial charge in [-0.1, -0.05) is 184 Å². The number of benzene rings is 7. The molecule has 0 bridgehead atoms. The first-order valence-electron chi connectivity index (χ1n) is 21.9. The average molecular weight is 816 g/mol. The van der Waals surface area contributed by atoms with Crippen LogP contribution in [-0.2, 0) is 4.74 Å². The number of hydrogen-bond donors (Lipinski definition) is 1. The molecule has 0 radical (unpaired) electrons. The predicted octanol–water partition coefficient (Wildman–Crippen LogP) is 15.8. The van der Waals surface area contributed by atoms with E-state index in [9.17, 15) is 0 Å². The zero-order valence-corrected chi connectivity index (χ0v) is 35.9. The van der Waals surface area contributed by atoms with E-state index in [-0.39, 0.29) is 5.92 Å². The third-order valence-electron chi connectivity index (χ3n) is 11.4. The number of H-pyrrole nitrogens is 1. The van der Waals surface area contributed by atoms with Gasteiger partial charge in [-0.2, -0.15) is 0 Å². The molecule has 0 amide bonds. The van der Waals surface area contributed by atoms with Gasteiger partial charge in [-0.3, -0.25) is 0 Å². The van der Waals surface area contributed by atoms with E-state index in [2.05, 4.69) is 181 Å². The van der Waals surface area contributed by atoms with E-state index in [4.69, 9.17) is 14.7 Å². The molecule has 4 nitrogen and oxygen atoms in total. The van der Waals surface area contributed by atoms with Crippen LogP contribution < -0.4 is 0 Å². The highest BCUT2D eigenvalue weighted by Crippen LogP contribution is 2.46. The van der Waals surface area contributed by atoms with Gasteiger partial charge in [-0.15, -0.1) is 0 Å². The number of para-hydroxylation sites is 2. The lowest BCUT2D eigenvalue weighted by molar-refractivity contribution is 0.328. The van der Waals surface area contributed by atoms with Crippen LogP contribution in [0.5, 0.6) is 0 Å². The molecule has 4 heteroatoms. The van der Waals surface area contributed by atoms with E-state index in [1.807, 2.05) is 63.3 Å². The molecule has 2 aromatic heterocycles. The van der Waals surface area contributed by atoms with Gasteiger partial charge in [0.25, 0.3) is 0 Å². The van der Waals surface area contributed by atoms with Gasteiger partial charge < -0.3 is 9.72 Å². The zero-order chi connectivity index (χ0) is 43.0. The fourth-order valence-corrected chi connectivity index (χ4v) is 8.38. The number of aromatic amines is 1. The Morgan fingerprint density at radius 3 is 1.87 bits per heavy atom. The molecule has 9 aromatic rings. The summed E-state index contributed by atoms with van der Waals surface area (Å²) in [5.74, 6) is 2.54. The first kappa shape index (κ1) is 40.6. The van der Waals surface area contributed by atoms with Gasteiger partial charge in [0.2, 0.25) is 0 Å². The summed E-state index contributed by atoms with van der Waals surface area (Å²) in [5.41, 5.74) is 13.5. The van der Waals surface area contributed by atoms with Crippen molar-refractivity contribution in [2.45, 2.75) is 27.2 Å². The maximum atomic E-state index is 6.61. The van der Waals surface area contributed by atoms with Gasteiger partial charge in [0.1, 0.15) is 11.5 Å². The van der Waals surface area contributed by atoms with Crippen molar-refractivity contribution in [3.05, 3.63) is 241 Å². The minimum Gasteiger partial charge on any atom is -0.461 e. The summed E-state index contributed by atoms with van der Waals surface area (Å²) in [6.45, 7) is 6.02. The van der Waals surface area contributed by atoms with Gasteiger partial charge >= 0.3 is 0 Å². The van der Waals surface area contributed by atoms with Crippen molar-refractivity contribution in [2.75, 3.05) is 0 Å². The van der Waals surface area contributed by atoms with E-state index in [1.165, 1.54) is 38.6 Å². The Morgan fingerprint density at radius 2 is 1.16 bits per heavy atom. The first-order chi connectivity index (χ1) is 31.2. The van der Waals surface area contributed by atoms with Crippen LogP contribution in [0.25, 0.3) is 77.9 Å². The van der Waals surface area contributed by atoms with E-state index in [1.54, 1.807) is 0 Å². The average Bonchev–Trinajstić information content (AvgIpc) is 3.91. The second-order valence-corrected chi connectivity index (χ2v) is 15.3. The molecule has 1 aliphatic heterocycles. The number of nitrogens with one attached hydrogen (secondary N) is 1. The fourth-order valence-electron chi connectivity index (χ4n) is 8.38. The molecule has 1 unspecified atom stereocenters. The van der Waals surface area contributed by atoms with Crippen molar-refractivity contribution < 1.29 is 4.74 Å². The summed E-state index contributed by atoms with van der Waals surface area (Å²) >= 11 is 0. The Morgan fingerprint density at radius 1 is 0.556 bits per heavy atom.